The predicted octanol–water partition coefficient (Wildman–Crippen LogP) is 0.301. The monoisotopic (exact) mass is 249 g/mol. The van der Waals surface area contributed by atoms with Gasteiger partial charge in [-0.2, -0.15) is 4.98 Å². The largest absolute Gasteiger partial charge is 0.463 e. The van der Waals surface area contributed by atoms with Crippen LogP contribution in [0.5, 0.6) is 0 Å². The third-order valence-corrected chi connectivity index (χ3v) is 2.08. The van der Waals surface area contributed by atoms with Crippen molar-refractivity contribution < 1.29 is 14.1 Å². The number of hydrogen-bond acceptors (Lipinski definition) is 8. The molecule has 0 spiro atoms. The third kappa shape index (κ3) is 3.00. The van der Waals surface area contributed by atoms with Crippen LogP contribution in [0.15, 0.2) is 23.1 Å². The summed E-state index contributed by atoms with van der Waals surface area (Å²) in [5, 5.41) is 6.51. The maximum Gasteiger partial charge on any atom is 0.376 e. The van der Waals surface area contributed by atoms with Crippen molar-refractivity contribution in [2.24, 2.45) is 0 Å². The number of nitrogens with zero attached hydrogens (tertiary/aromatic N) is 4. The SMILES string of the molecule is COC(=O)c1nccc(NCCc2ncno2)n1. The lowest BCUT2D eigenvalue weighted by Gasteiger charge is -2.04. The van der Waals surface area contributed by atoms with Crippen LogP contribution in [0.3, 0.4) is 0 Å². The molecule has 8 nitrogen and oxygen atoms in total. The zero-order valence-corrected chi connectivity index (χ0v) is 9.66. The second kappa shape index (κ2) is 5.71. The Balaban J connectivity index is 1.91. The highest BCUT2D eigenvalue weighted by Gasteiger charge is 2.09. The molecular formula is C10H11N5O3. The van der Waals surface area contributed by atoms with Crippen molar-refractivity contribution in [1.29, 1.82) is 0 Å². The maximum atomic E-state index is 11.2. The molecule has 2 heterocycles. The standard InChI is InChI=1S/C10H11N5O3/c1-17-10(16)9-12-4-2-7(15-9)11-5-3-8-13-6-14-18-8/h2,4,6H,3,5H2,1H3,(H,11,12,15). The molecule has 1 N–H and O–H groups in total. The zero-order chi connectivity index (χ0) is 12.8. The number of esters is 1. The van der Waals surface area contributed by atoms with Crippen molar-refractivity contribution >= 4 is 11.8 Å². The first-order valence-corrected chi connectivity index (χ1v) is 5.20. The van der Waals surface area contributed by atoms with Gasteiger partial charge in [0, 0.05) is 19.2 Å². The highest BCUT2D eigenvalue weighted by atomic mass is 16.5. The van der Waals surface area contributed by atoms with E-state index < -0.39 is 5.97 Å². The van der Waals surface area contributed by atoms with Crippen molar-refractivity contribution in [1.82, 2.24) is 20.1 Å². The van der Waals surface area contributed by atoms with Crippen molar-refractivity contribution in [3.05, 3.63) is 30.3 Å². The molecule has 0 aliphatic rings. The number of ether oxygens (including phenoxy) is 1. The predicted molar refractivity (Wildman–Crippen MR) is 59.9 cm³/mol. The fourth-order valence-corrected chi connectivity index (χ4v) is 1.25. The van der Waals surface area contributed by atoms with Gasteiger partial charge in [-0.15, -0.1) is 0 Å². The van der Waals surface area contributed by atoms with Crippen LogP contribution in [-0.4, -0.2) is 39.7 Å². The van der Waals surface area contributed by atoms with Crippen molar-refractivity contribution in [3.8, 4) is 0 Å². The summed E-state index contributed by atoms with van der Waals surface area (Å²) in [4.78, 5) is 22.9. The van der Waals surface area contributed by atoms with E-state index in [1.165, 1.54) is 19.6 Å². The minimum absolute atomic E-state index is 0.0142. The van der Waals surface area contributed by atoms with Gasteiger partial charge < -0.3 is 14.6 Å². The fourth-order valence-electron chi connectivity index (χ4n) is 1.25. The van der Waals surface area contributed by atoms with Gasteiger partial charge >= 0.3 is 5.97 Å². The molecule has 18 heavy (non-hydrogen) atoms. The van der Waals surface area contributed by atoms with Gasteiger partial charge in [0.25, 0.3) is 0 Å². The van der Waals surface area contributed by atoms with Crippen molar-refractivity contribution in [2.75, 3.05) is 19.0 Å². The van der Waals surface area contributed by atoms with Crippen LogP contribution in [0, 0.1) is 0 Å². The molecule has 8 heteroatoms. The second-order valence-corrected chi connectivity index (χ2v) is 3.27. The summed E-state index contributed by atoms with van der Waals surface area (Å²) in [6, 6.07) is 1.65. The molecule has 0 unspecified atom stereocenters. The Kier molecular flexibility index (Phi) is 3.79. The number of carbonyl (C=O) groups is 1. The maximum absolute atomic E-state index is 11.2. The van der Waals surface area contributed by atoms with Gasteiger partial charge in [-0.25, -0.2) is 14.8 Å². The van der Waals surface area contributed by atoms with E-state index in [-0.39, 0.29) is 5.82 Å². The zero-order valence-electron chi connectivity index (χ0n) is 9.66. The van der Waals surface area contributed by atoms with Crippen LogP contribution in [0.1, 0.15) is 16.5 Å². The summed E-state index contributed by atoms with van der Waals surface area (Å²) < 4.78 is 9.37. The van der Waals surface area contributed by atoms with Gasteiger partial charge in [0.1, 0.15) is 5.82 Å². The van der Waals surface area contributed by atoms with E-state index >= 15 is 0 Å². The average Bonchev–Trinajstić information content (AvgIpc) is 2.91. The van der Waals surface area contributed by atoms with Crippen LogP contribution >= 0.6 is 0 Å². The second-order valence-electron chi connectivity index (χ2n) is 3.27. The smallest absolute Gasteiger partial charge is 0.376 e. The molecule has 94 valence electrons. The number of anilines is 1. The Bertz CT molecular complexity index is 514. The number of rotatable bonds is 5. The number of aromatic nitrogens is 4. The van der Waals surface area contributed by atoms with Gasteiger partial charge in [0.15, 0.2) is 6.33 Å². The van der Waals surface area contributed by atoms with E-state index in [0.29, 0.717) is 24.7 Å². The molecule has 0 aliphatic heterocycles. The quantitative estimate of drug-likeness (QED) is 0.754. The highest BCUT2D eigenvalue weighted by Crippen LogP contribution is 2.03. The first-order chi connectivity index (χ1) is 8.79. The topological polar surface area (TPSA) is 103 Å². The van der Waals surface area contributed by atoms with Crippen LogP contribution in [0.4, 0.5) is 5.82 Å². The normalized spacial score (nSPS) is 10.1. The Hall–Kier alpha value is -2.51. The lowest BCUT2D eigenvalue weighted by molar-refractivity contribution is 0.0587. The lowest BCUT2D eigenvalue weighted by Crippen LogP contribution is -2.11. The molecule has 2 rings (SSSR count). The molecule has 2 aromatic rings. The van der Waals surface area contributed by atoms with E-state index in [1.807, 2.05) is 0 Å². The summed E-state index contributed by atoms with van der Waals surface area (Å²) >= 11 is 0. The Morgan fingerprint density at radius 1 is 1.50 bits per heavy atom. The first-order valence-electron chi connectivity index (χ1n) is 5.20. The minimum atomic E-state index is -0.574. The molecule has 0 bridgehead atoms. The highest BCUT2D eigenvalue weighted by molar-refractivity contribution is 5.85. The molecule has 0 fully saturated rings. The van der Waals surface area contributed by atoms with E-state index in [9.17, 15) is 4.79 Å². The molecular weight excluding hydrogens is 238 g/mol. The molecule has 2 aromatic heterocycles. The molecule has 0 saturated carbocycles. The molecule has 0 atom stereocenters. The van der Waals surface area contributed by atoms with Gasteiger partial charge in [-0.3, -0.25) is 0 Å². The van der Waals surface area contributed by atoms with Crippen molar-refractivity contribution in [2.45, 2.75) is 6.42 Å². The molecule has 0 radical (unpaired) electrons. The van der Waals surface area contributed by atoms with Gasteiger partial charge in [-0.1, -0.05) is 5.16 Å². The number of hydrogen-bond donors (Lipinski definition) is 1. The van der Waals surface area contributed by atoms with Crippen LogP contribution < -0.4 is 5.32 Å². The molecule has 0 amide bonds. The third-order valence-electron chi connectivity index (χ3n) is 2.08. The molecule has 0 aromatic carbocycles. The number of carbonyl (C=O) groups excluding carboxylic acids is 1. The molecule has 0 aliphatic carbocycles. The van der Waals surface area contributed by atoms with Crippen molar-refractivity contribution in [3.63, 3.8) is 0 Å². The minimum Gasteiger partial charge on any atom is -0.463 e. The number of nitrogens with one attached hydrogen (secondary N) is 1. The summed E-state index contributed by atoms with van der Waals surface area (Å²) in [6.07, 6.45) is 3.39. The Morgan fingerprint density at radius 3 is 3.11 bits per heavy atom. The van der Waals surface area contributed by atoms with Crippen LogP contribution in [-0.2, 0) is 11.2 Å². The Labute approximate surface area is 102 Å². The van der Waals surface area contributed by atoms with Crippen LogP contribution in [0.2, 0.25) is 0 Å². The fraction of sp³-hybridized carbons (Fsp3) is 0.300. The van der Waals surface area contributed by atoms with Gasteiger partial charge in [-0.05, 0) is 6.07 Å². The van der Waals surface area contributed by atoms with Gasteiger partial charge in [0.2, 0.25) is 11.7 Å². The Morgan fingerprint density at radius 2 is 2.39 bits per heavy atom. The van der Waals surface area contributed by atoms with Crippen LogP contribution in [0.25, 0.3) is 0 Å². The summed E-state index contributed by atoms with van der Waals surface area (Å²) in [5.74, 6) is 0.505. The molecule has 0 saturated heterocycles. The number of methoxy groups -OCH3 is 1. The van der Waals surface area contributed by atoms with Gasteiger partial charge in [0.05, 0.1) is 7.11 Å². The summed E-state index contributed by atoms with van der Waals surface area (Å²) in [5.41, 5.74) is 0. The van der Waals surface area contributed by atoms with E-state index in [1.54, 1.807) is 6.07 Å². The van der Waals surface area contributed by atoms with E-state index in [0.717, 1.165) is 0 Å². The first kappa shape index (κ1) is 12.0. The van der Waals surface area contributed by atoms with E-state index in [4.69, 9.17) is 4.52 Å². The van der Waals surface area contributed by atoms with E-state index in [2.05, 4.69) is 30.2 Å². The summed E-state index contributed by atoms with van der Waals surface area (Å²) in [7, 11) is 1.28. The summed E-state index contributed by atoms with van der Waals surface area (Å²) in [6.45, 7) is 0.555. The lowest BCUT2D eigenvalue weighted by atomic mass is 10.4. The average molecular weight is 249 g/mol.